The van der Waals surface area contributed by atoms with Crippen LogP contribution in [0.5, 0.6) is 0 Å². The summed E-state index contributed by atoms with van der Waals surface area (Å²) in [4.78, 5) is 24.5. The molecule has 0 fully saturated rings. The van der Waals surface area contributed by atoms with Crippen molar-refractivity contribution in [2.24, 2.45) is 0 Å². The van der Waals surface area contributed by atoms with Crippen LogP contribution >= 0.6 is 0 Å². The number of carbonyl (C=O) groups is 2. The Labute approximate surface area is 440 Å². The SMILES string of the molecule is CCCCC/C=C\C/C=C\CCCCCCCC(=O)CCCCCCCCCCCCCCCCCCCCCCCCCCCCCC(=O)NCC(O)CCCCCCCCCCCCCCCC. The van der Waals surface area contributed by atoms with Gasteiger partial charge >= 0.3 is 0 Å². The fraction of sp³-hybridized carbons (Fsp3) is 0.909. The molecule has 70 heavy (non-hydrogen) atoms. The van der Waals surface area contributed by atoms with Crippen LogP contribution < -0.4 is 5.32 Å². The zero-order chi connectivity index (χ0) is 50.6. The number of aliphatic hydroxyl groups is 1. The van der Waals surface area contributed by atoms with Crippen LogP contribution in [0.15, 0.2) is 24.3 Å². The lowest BCUT2D eigenvalue weighted by molar-refractivity contribution is -0.121. The van der Waals surface area contributed by atoms with Gasteiger partial charge in [0.2, 0.25) is 5.91 Å². The standard InChI is InChI=1S/C66H127NO3/c1-3-5-7-9-11-13-15-17-32-36-39-43-47-51-55-59-64(68)60-56-52-48-44-40-37-33-30-28-26-24-22-20-19-21-23-25-27-29-31-34-38-42-46-50-54-58-62-66(70)67-63-65(69)61-57-53-49-45-41-35-18-16-14-12-10-8-6-4-2/h11,13,17,32,65,69H,3-10,12,14-16,18-31,33-63H2,1-2H3,(H,67,70)/b13-11-,32-17-. The second-order valence-electron chi connectivity index (χ2n) is 22.4. The van der Waals surface area contributed by atoms with Gasteiger partial charge in [-0.15, -0.1) is 0 Å². The van der Waals surface area contributed by atoms with E-state index in [4.69, 9.17) is 0 Å². The lowest BCUT2D eigenvalue weighted by atomic mass is 10.0. The maximum atomic E-state index is 12.3. The van der Waals surface area contributed by atoms with Gasteiger partial charge in [0.15, 0.2) is 0 Å². The van der Waals surface area contributed by atoms with Crippen molar-refractivity contribution in [1.29, 1.82) is 0 Å². The molecule has 0 aliphatic heterocycles. The van der Waals surface area contributed by atoms with Crippen molar-refractivity contribution in [2.75, 3.05) is 6.54 Å². The molecule has 1 amide bonds. The zero-order valence-electron chi connectivity index (χ0n) is 48.0. The van der Waals surface area contributed by atoms with Crippen molar-refractivity contribution in [1.82, 2.24) is 5.32 Å². The van der Waals surface area contributed by atoms with Crippen LogP contribution in [-0.2, 0) is 9.59 Å². The van der Waals surface area contributed by atoms with Gasteiger partial charge in [-0.2, -0.15) is 0 Å². The van der Waals surface area contributed by atoms with E-state index in [2.05, 4.69) is 43.5 Å². The summed E-state index contributed by atoms with van der Waals surface area (Å²) in [6.45, 7) is 4.97. The molecule has 0 aromatic rings. The molecule has 0 saturated carbocycles. The second-order valence-corrected chi connectivity index (χ2v) is 22.4. The molecular formula is C66H127NO3. The van der Waals surface area contributed by atoms with Crippen LogP contribution in [0.1, 0.15) is 373 Å². The number of rotatable bonds is 61. The van der Waals surface area contributed by atoms with Crippen LogP contribution in [-0.4, -0.2) is 29.4 Å². The molecule has 1 atom stereocenters. The normalized spacial score (nSPS) is 12.3. The van der Waals surface area contributed by atoms with E-state index in [1.165, 1.54) is 295 Å². The van der Waals surface area contributed by atoms with Crippen molar-refractivity contribution < 1.29 is 14.7 Å². The van der Waals surface area contributed by atoms with Gasteiger partial charge in [0.25, 0.3) is 0 Å². The molecule has 2 N–H and O–H groups in total. The monoisotopic (exact) mass is 982 g/mol. The third-order valence-corrected chi connectivity index (χ3v) is 15.2. The van der Waals surface area contributed by atoms with Crippen LogP contribution in [0, 0.1) is 0 Å². The van der Waals surface area contributed by atoms with E-state index in [1.807, 2.05) is 0 Å². The Kier molecular flexibility index (Phi) is 60.6. The van der Waals surface area contributed by atoms with E-state index in [0.717, 1.165) is 57.8 Å². The number of nitrogens with one attached hydrogen (secondary N) is 1. The summed E-state index contributed by atoms with van der Waals surface area (Å²) in [7, 11) is 0. The Balaban J connectivity index is 3.24. The van der Waals surface area contributed by atoms with Gasteiger partial charge in [-0.1, -0.05) is 321 Å². The number of aliphatic hydroxyl groups excluding tert-OH is 1. The molecular weight excluding hydrogens is 855 g/mol. The Bertz CT molecular complexity index is 1070. The fourth-order valence-corrected chi connectivity index (χ4v) is 10.3. The average molecular weight is 983 g/mol. The molecule has 0 aliphatic carbocycles. The highest BCUT2D eigenvalue weighted by molar-refractivity contribution is 5.78. The van der Waals surface area contributed by atoms with Crippen molar-refractivity contribution in [3.63, 3.8) is 0 Å². The molecule has 0 aliphatic rings. The van der Waals surface area contributed by atoms with Gasteiger partial charge in [-0.05, 0) is 57.8 Å². The first kappa shape index (κ1) is 68.6. The maximum absolute atomic E-state index is 12.3. The first-order chi connectivity index (χ1) is 34.6. The van der Waals surface area contributed by atoms with Crippen molar-refractivity contribution in [3.05, 3.63) is 24.3 Å². The predicted octanol–water partition coefficient (Wildman–Crippen LogP) is 22.0. The van der Waals surface area contributed by atoms with Crippen molar-refractivity contribution in [3.8, 4) is 0 Å². The van der Waals surface area contributed by atoms with Gasteiger partial charge in [-0.3, -0.25) is 9.59 Å². The third kappa shape index (κ3) is 60.9. The Hall–Kier alpha value is -1.42. The van der Waals surface area contributed by atoms with Crippen LogP contribution in [0.4, 0.5) is 0 Å². The van der Waals surface area contributed by atoms with Gasteiger partial charge in [0, 0.05) is 25.8 Å². The summed E-state index contributed by atoms with van der Waals surface area (Å²) in [5, 5.41) is 13.3. The van der Waals surface area contributed by atoms with E-state index in [1.54, 1.807) is 0 Å². The van der Waals surface area contributed by atoms with Gasteiger partial charge in [0.05, 0.1) is 6.10 Å². The Morgan fingerprint density at radius 3 is 0.929 bits per heavy atom. The second kappa shape index (κ2) is 61.9. The first-order valence-corrected chi connectivity index (χ1v) is 32.4. The summed E-state index contributed by atoms with van der Waals surface area (Å²) >= 11 is 0. The summed E-state index contributed by atoms with van der Waals surface area (Å²) in [6.07, 6.45) is 81.3. The quantitative estimate of drug-likeness (QED) is 0.0471. The highest BCUT2D eigenvalue weighted by Gasteiger charge is 2.08. The maximum Gasteiger partial charge on any atom is 0.220 e. The van der Waals surface area contributed by atoms with Crippen LogP contribution in [0.2, 0.25) is 0 Å². The molecule has 0 aromatic carbocycles. The molecule has 0 radical (unpaired) electrons. The van der Waals surface area contributed by atoms with Crippen molar-refractivity contribution in [2.45, 2.75) is 380 Å². The lowest BCUT2D eigenvalue weighted by Crippen LogP contribution is -2.31. The average Bonchev–Trinajstić information content (AvgIpc) is 3.36. The predicted molar refractivity (Wildman–Crippen MR) is 312 cm³/mol. The minimum atomic E-state index is -0.391. The number of amides is 1. The number of carbonyl (C=O) groups excluding carboxylic acids is 2. The summed E-state index contributed by atoms with van der Waals surface area (Å²) in [5.74, 6) is 0.623. The van der Waals surface area contributed by atoms with E-state index >= 15 is 0 Å². The van der Waals surface area contributed by atoms with Gasteiger partial charge < -0.3 is 10.4 Å². The number of hydrogen-bond donors (Lipinski definition) is 2. The molecule has 4 nitrogen and oxygen atoms in total. The van der Waals surface area contributed by atoms with E-state index in [0.29, 0.717) is 18.7 Å². The van der Waals surface area contributed by atoms with Crippen molar-refractivity contribution >= 4 is 11.7 Å². The number of ketones is 1. The number of allylic oxidation sites excluding steroid dienone is 4. The summed E-state index contributed by atoms with van der Waals surface area (Å²) in [6, 6.07) is 0. The van der Waals surface area contributed by atoms with E-state index in [9.17, 15) is 14.7 Å². The molecule has 0 aromatic heterocycles. The highest BCUT2D eigenvalue weighted by atomic mass is 16.3. The molecule has 0 rings (SSSR count). The topological polar surface area (TPSA) is 66.4 Å². The first-order valence-electron chi connectivity index (χ1n) is 32.4. The van der Waals surface area contributed by atoms with E-state index < -0.39 is 6.10 Å². The minimum absolute atomic E-state index is 0.116. The Morgan fingerprint density at radius 1 is 0.329 bits per heavy atom. The Morgan fingerprint density at radius 2 is 0.586 bits per heavy atom. The molecule has 0 heterocycles. The van der Waals surface area contributed by atoms with Gasteiger partial charge in [0.1, 0.15) is 5.78 Å². The lowest BCUT2D eigenvalue weighted by Gasteiger charge is -2.12. The number of Topliss-reactive ketones (excluding diaryl/α,β-unsaturated/α-hetero) is 1. The fourth-order valence-electron chi connectivity index (χ4n) is 10.3. The molecule has 0 saturated heterocycles. The number of unbranched alkanes of at least 4 members (excludes halogenated alkanes) is 47. The summed E-state index contributed by atoms with van der Waals surface area (Å²) in [5.41, 5.74) is 0. The smallest absolute Gasteiger partial charge is 0.220 e. The van der Waals surface area contributed by atoms with Gasteiger partial charge in [-0.25, -0.2) is 0 Å². The van der Waals surface area contributed by atoms with Crippen LogP contribution in [0.3, 0.4) is 0 Å². The zero-order valence-corrected chi connectivity index (χ0v) is 48.0. The van der Waals surface area contributed by atoms with Crippen LogP contribution in [0.25, 0.3) is 0 Å². The molecule has 0 spiro atoms. The molecule has 1 unspecified atom stereocenters. The third-order valence-electron chi connectivity index (χ3n) is 15.2. The molecule has 414 valence electrons. The number of hydrogen-bond acceptors (Lipinski definition) is 3. The molecule has 4 heteroatoms. The largest absolute Gasteiger partial charge is 0.391 e. The highest BCUT2D eigenvalue weighted by Crippen LogP contribution is 2.18. The molecule has 0 bridgehead atoms. The summed E-state index contributed by atoms with van der Waals surface area (Å²) < 4.78 is 0. The minimum Gasteiger partial charge on any atom is -0.391 e. The van der Waals surface area contributed by atoms with E-state index in [-0.39, 0.29) is 5.91 Å².